The highest BCUT2D eigenvalue weighted by Gasteiger charge is 2.32. The van der Waals surface area contributed by atoms with Crippen LogP contribution in [0.1, 0.15) is 31.7 Å². The summed E-state index contributed by atoms with van der Waals surface area (Å²) >= 11 is 6.48. The van der Waals surface area contributed by atoms with Crippen LogP contribution in [-0.4, -0.2) is 41.4 Å². The molecule has 0 aromatic heterocycles. The zero-order chi connectivity index (χ0) is 18.2. The van der Waals surface area contributed by atoms with Gasteiger partial charge in [-0.15, -0.1) is 0 Å². The Hall–Kier alpha value is -1.86. The molecule has 5 nitrogen and oxygen atoms in total. The smallest absolute Gasteiger partial charge is 0.307 e. The number of thiocarbonyl (C=S) groups is 1. The SMILES string of the molecule is CCCCOc1ccc(/C=C2\SC(=S)N(CCC(=O)OC)C2=O)cc1. The predicted molar refractivity (Wildman–Crippen MR) is 103 cm³/mol. The number of carbonyl (C=O) groups is 2. The lowest BCUT2D eigenvalue weighted by Crippen LogP contribution is -2.30. The highest BCUT2D eigenvalue weighted by Crippen LogP contribution is 2.32. The molecule has 1 heterocycles. The first-order valence-corrected chi connectivity index (χ1v) is 9.32. The van der Waals surface area contributed by atoms with E-state index in [1.807, 2.05) is 24.3 Å². The third-order valence-electron chi connectivity index (χ3n) is 3.59. The van der Waals surface area contributed by atoms with Crippen LogP contribution in [0.25, 0.3) is 6.08 Å². The number of hydrogen-bond donors (Lipinski definition) is 0. The van der Waals surface area contributed by atoms with Crippen LogP contribution in [0.5, 0.6) is 5.75 Å². The Kier molecular flexibility index (Phi) is 7.46. The van der Waals surface area contributed by atoms with E-state index in [2.05, 4.69) is 11.7 Å². The second kappa shape index (κ2) is 9.58. The second-order valence-electron chi connectivity index (χ2n) is 5.43. The summed E-state index contributed by atoms with van der Waals surface area (Å²) in [5.74, 6) is 0.273. The van der Waals surface area contributed by atoms with Crippen molar-refractivity contribution in [2.45, 2.75) is 26.2 Å². The zero-order valence-corrected chi connectivity index (χ0v) is 16.0. The number of esters is 1. The van der Waals surface area contributed by atoms with Gasteiger partial charge in [-0.3, -0.25) is 14.5 Å². The van der Waals surface area contributed by atoms with E-state index in [1.165, 1.54) is 23.8 Å². The molecular formula is C18H21NO4S2. The summed E-state index contributed by atoms with van der Waals surface area (Å²) in [5.41, 5.74) is 0.899. The molecule has 0 N–H and O–H groups in total. The predicted octanol–water partition coefficient (Wildman–Crippen LogP) is 3.63. The minimum absolute atomic E-state index is 0.125. The number of unbranched alkanes of at least 4 members (excludes halogenated alkanes) is 1. The fraction of sp³-hybridized carbons (Fsp3) is 0.389. The van der Waals surface area contributed by atoms with Crippen molar-refractivity contribution >= 4 is 46.3 Å². The Morgan fingerprint density at radius 2 is 2.04 bits per heavy atom. The number of nitrogens with zero attached hydrogens (tertiary/aromatic N) is 1. The monoisotopic (exact) mass is 379 g/mol. The quantitative estimate of drug-likeness (QED) is 0.298. The second-order valence-corrected chi connectivity index (χ2v) is 7.11. The number of methoxy groups -OCH3 is 1. The topological polar surface area (TPSA) is 55.8 Å². The standard InChI is InChI=1S/C18H21NO4S2/c1-3-4-11-23-14-7-5-13(6-8-14)12-15-17(21)19(18(24)25-15)10-9-16(20)22-2/h5-8,12H,3-4,9-11H2,1-2H3/b15-12-. The minimum atomic E-state index is -0.364. The molecule has 0 bridgehead atoms. The largest absolute Gasteiger partial charge is 0.494 e. The van der Waals surface area contributed by atoms with Crippen LogP contribution in [0, 0.1) is 0 Å². The first kappa shape index (κ1) is 19.5. The van der Waals surface area contributed by atoms with Crippen molar-refractivity contribution < 1.29 is 19.1 Å². The number of rotatable bonds is 8. The summed E-state index contributed by atoms with van der Waals surface area (Å²) in [4.78, 5) is 25.7. The van der Waals surface area contributed by atoms with E-state index in [0.29, 0.717) is 15.8 Å². The molecule has 134 valence electrons. The van der Waals surface area contributed by atoms with Gasteiger partial charge in [0.25, 0.3) is 5.91 Å². The van der Waals surface area contributed by atoms with Gasteiger partial charge in [-0.1, -0.05) is 49.5 Å². The number of carbonyl (C=O) groups excluding carboxylic acids is 2. The van der Waals surface area contributed by atoms with Gasteiger partial charge in [0.15, 0.2) is 0 Å². The van der Waals surface area contributed by atoms with Gasteiger partial charge in [-0.25, -0.2) is 0 Å². The molecule has 1 fully saturated rings. The maximum atomic E-state index is 12.4. The average molecular weight is 380 g/mol. The summed E-state index contributed by atoms with van der Waals surface area (Å²) in [6, 6.07) is 7.59. The summed E-state index contributed by atoms with van der Waals surface area (Å²) in [6.07, 6.45) is 4.04. The first-order valence-electron chi connectivity index (χ1n) is 8.10. The Balaban J connectivity index is 1.99. The van der Waals surface area contributed by atoms with Crippen molar-refractivity contribution in [2.24, 2.45) is 0 Å². The number of ether oxygens (including phenoxy) is 2. The molecule has 2 rings (SSSR count). The van der Waals surface area contributed by atoms with Crippen molar-refractivity contribution in [3.8, 4) is 5.75 Å². The summed E-state index contributed by atoms with van der Waals surface area (Å²) in [6.45, 7) is 3.06. The maximum absolute atomic E-state index is 12.4. The average Bonchev–Trinajstić information content (AvgIpc) is 2.88. The molecule has 0 atom stereocenters. The molecule has 1 saturated heterocycles. The van der Waals surface area contributed by atoms with E-state index >= 15 is 0 Å². The number of thioether (sulfide) groups is 1. The lowest BCUT2D eigenvalue weighted by Gasteiger charge is -2.12. The Labute approximate surface area is 157 Å². The van der Waals surface area contributed by atoms with Crippen LogP contribution in [0.15, 0.2) is 29.2 Å². The fourth-order valence-corrected chi connectivity index (χ4v) is 3.45. The molecule has 25 heavy (non-hydrogen) atoms. The van der Waals surface area contributed by atoms with E-state index in [-0.39, 0.29) is 24.8 Å². The molecule has 0 aliphatic carbocycles. The van der Waals surface area contributed by atoms with Crippen LogP contribution >= 0.6 is 24.0 Å². The van der Waals surface area contributed by atoms with Crippen molar-refractivity contribution in [2.75, 3.05) is 20.3 Å². The third kappa shape index (κ3) is 5.57. The van der Waals surface area contributed by atoms with E-state index in [9.17, 15) is 9.59 Å². The normalized spacial score (nSPS) is 15.8. The van der Waals surface area contributed by atoms with E-state index < -0.39 is 0 Å². The molecule has 0 spiro atoms. The highest BCUT2D eigenvalue weighted by molar-refractivity contribution is 8.26. The highest BCUT2D eigenvalue weighted by atomic mass is 32.2. The van der Waals surface area contributed by atoms with Crippen LogP contribution in [0.2, 0.25) is 0 Å². The summed E-state index contributed by atoms with van der Waals surface area (Å²) in [7, 11) is 1.32. The van der Waals surface area contributed by atoms with E-state index in [1.54, 1.807) is 6.08 Å². The number of hydrogen-bond acceptors (Lipinski definition) is 6. The Morgan fingerprint density at radius 1 is 1.32 bits per heavy atom. The van der Waals surface area contributed by atoms with Gasteiger partial charge in [0, 0.05) is 6.54 Å². The number of benzene rings is 1. The minimum Gasteiger partial charge on any atom is -0.494 e. The molecule has 0 unspecified atom stereocenters. The summed E-state index contributed by atoms with van der Waals surface area (Å²) in [5, 5.41) is 0. The maximum Gasteiger partial charge on any atom is 0.307 e. The van der Waals surface area contributed by atoms with Gasteiger partial charge < -0.3 is 9.47 Å². The van der Waals surface area contributed by atoms with Gasteiger partial charge in [0.05, 0.1) is 25.0 Å². The zero-order valence-electron chi connectivity index (χ0n) is 14.3. The Bertz CT molecular complexity index is 670. The van der Waals surface area contributed by atoms with Gasteiger partial charge in [0.2, 0.25) is 0 Å². The molecule has 1 amide bonds. The molecule has 7 heteroatoms. The third-order valence-corrected chi connectivity index (χ3v) is 4.96. The Morgan fingerprint density at radius 3 is 2.68 bits per heavy atom. The van der Waals surface area contributed by atoms with Crippen LogP contribution in [0.3, 0.4) is 0 Å². The van der Waals surface area contributed by atoms with Gasteiger partial charge in [0.1, 0.15) is 10.1 Å². The van der Waals surface area contributed by atoms with Gasteiger partial charge in [-0.05, 0) is 30.2 Å². The molecule has 1 aromatic carbocycles. The summed E-state index contributed by atoms with van der Waals surface area (Å²) < 4.78 is 10.7. The molecular weight excluding hydrogens is 358 g/mol. The molecule has 1 aliphatic heterocycles. The molecule has 0 radical (unpaired) electrons. The lowest BCUT2D eigenvalue weighted by molar-refractivity contribution is -0.140. The van der Waals surface area contributed by atoms with Crippen molar-refractivity contribution in [3.05, 3.63) is 34.7 Å². The van der Waals surface area contributed by atoms with E-state index in [4.69, 9.17) is 17.0 Å². The van der Waals surface area contributed by atoms with E-state index in [0.717, 1.165) is 24.2 Å². The van der Waals surface area contributed by atoms with Gasteiger partial charge in [-0.2, -0.15) is 0 Å². The first-order chi connectivity index (χ1) is 12.0. The van der Waals surface area contributed by atoms with Crippen LogP contribution < -0.4 is 4.74 Å². The molecule has 1 aliphatic rings. The van der Waals surface area contributed by atoms with Crippen molar-refractivity contribution in [1.82, 2.24) is 4.90 Å². The molecule has 1 aromatic rings. The van der Waals surface area contributed by atoms with Crippen molar-refractivity contribution in [1.29, 1.82) is 0 Å². The van der Waals surface area contributed by atoms with Crippen LogP contribution in [-0.2, 0) is 14.3 Å². The lowest BCUT2D eigenvalue weighted by atomic mass is 10.2. The van der Waals surface area contributed by atoms with Gasteiger partial charge >= 0.3 is 5.97 Å². The fourth-order valence-electron chi connectivity index (χ4n) is 2.14. The van der Waals surface area contributed by atoms with Crippen LogP contribution in [0.4, 0.5) is 0 Å². The number of amides is 1. The molecule has 0 saturated carbocycles. The van der Waals surface area contributed by atoms with Crippen molar-refractivity contribution in [3.63, 3.8) is 0 Å².